The minimum Gasteiger partial charge on any atom is -0.479 e. The van der Waals surface area contributed by atoms with Gasteiger partial charge in [0.25, 0.3) is 5.91 Å². The van der Waals surface area contributed by atoms with Crippen LogP contribution < -0.4 is 10.5 Å². The Labute approximate surface area is 128 Å². The number of carbonyl (C=O) groups is 1. The summed E-state index contributed by atoms with van der Waals surface area (Å²) < 4.78 is 6.70. The van der Waals surface area contributed by atoms with Gasteiger partial charge in [-0.1, -0.05) is 12.1 Å². The van der Waals surface area contributed by atoms with E-state index in [1.165, 1.54) is 6.42 Å². The average molecular weight is 341 g/mol. The highest BCUT2D eigenvalue weighted by Gasteiger charge is 2.24. The van der Waals surface area contributed by atoms with Crippen molar-refractivity contribution in [2.75, 3.05) is 13.1 Å². The summed E-state index contributed by atoms with van der Waals surface area (Å²) in [6.07, 6.45) is 2.89. The summed E-state index contributed by atoms with van der Waals surface area (Å²) in [6, 6.07) is 5.72. The molecule has 1 amide bonds. The van der Waals surface area contributed by atoms with E-state index in [4.69, 9.17) is 10.5 Å². The summed E-state index contributed by atoms with van der Waals surface area (Å²) in [4.78, 5) is 14.3. The minimum atomic E-state index is -0.489. The van der Waals surface area contributed by atoms with Crippen LogP contribution in [0.3, 0.4) is 0 Å². The average Bonchev–Trinajstić information content (AvgIpc) is 2.49. The SMILES string of the molecule is CC(Oc1c(Br)cccc1CN)C(=O)N1CCCCC1. The standard InChI is InChI=1S/C15H21BrN2O2/c1-11(15(19)18-8-3-2-4-9-18)20-14-12(10-17)6-5-7-13(14)16/h5-7,11H,2-4,8-10,17H2,1H3. The Balaban J connectivity index is 2.07. The molecule has 1 saturated heterocycles. The van der Waals surface area contributed by atoms with Crippen LogP contribution in [-0.2, 0) is 11.3 Å². The molecule has 1 unspecified atom stereocenters. The number of nitrogens with zero attached hydrogens (tertiary/aromatic N) is 1. The molecule has 0 aromatic heterocycles. The highest BCUT2D eigenvalue weighted by atomic mass is 79.9. The van der Waals surface area contributed by atoms with Gasteiger partial charge in [-0.05, 0) is 48.2 Å². The molecule has 0 radical (unpaired) electrons. The summed E-state index contributed by atoms with van der Waals surface area (Å²) in [7, 11) is 0. The van der Waals surface area contributed by atoms with Gasteiger partial charge in [-0.3, -0.25) is 4.79 Å². The monoisotopic (exact) mass is 340 g/mol. The lowest BCUT2D eigenvalue weighted by Crippen LogP contribution is -2.43. The van der Waals surface area contributed by atoms with Gasteiger partial charge in [-0.25, -0.2) is 0 Å². The van der Waals surface area contributed by atoms with Crippen LogP contribution in [0.2, 0.25) is 0 Å². The fraction of sp³-hybridized carbons (Fsp3) is 0.533. The Kier molecular flexibility index (Phi) is 5.43. The third-order valence-corrected chi connectivity index (χ3v) is 4.20. The van der Waals surface area contributed by atoms with Gasteiger partial charge >= 0.3 is 0 Å². The predicted molar refractivity (Wildman–Crippen MR) is 82.6 cm³/mol. The van der Waals surface area contributed by atoms with Crippen molar-refractivity contribution < 1.29 is 9.53 Å². The maximum absolute atomic E-state index is 12.4. The van der Waals surface area contributed by atoms with Crippen molar-refractivity contribution in [3.05, 3.63) is 28.2 Å². The van der Waals surface area contributed by atoms with Gasteiger partial charge in [0.15, 0.2) is 6.10 Å². The van der Waals surface area contributed by atoms with E-state index in [9.17, 15) is 4.79 Å². The molecule has 0 saturated carbocycles. The molecule has 0 aliphatic carbocycles. The van der Waals surface area contributed by atoms with Gasteiger partial charge in [-0.2, -0.15) is 0 Å². The van der Waals surface area contributed by atoms with Gasteiger partial charge < -0.3 is 15.4 Å². The summed E-state index contributed by atoms with van der Waals surface area (Å²) in [5, 5.41) is 0. The van der Waals surface area contributed by atoms with Crippen LogP contribution in [0, 0.1) is 0 Å². The van der Waals surface area contributed by atoms with E-state index in [2.05, 4.69) is 15.9 Å². The van der Waals surface area contributed by atoms with E-state index >= 15 is 0 Å². The summed E-state index contributed by atoms with van der Waals surface area (Å²) >= 11 is 3.46. The number of amides is 1. The molecule has 1 atom stereocenters. The number of likely N-dealkylation sites (tertiary alicyclic amines) is 1. The van der Waals surface area contributed by atoms with Gasteiger partial charge in [0.05, 0.1) is 4.47 Å². The smallest absolute Gasteiger partial charge is 0.263 e. The van der Waals surface area contributed by atoms with Crippen LogP contribution in [0.25, 0.3) is 0 Å². The molecule has 0 bridgehead atoms. The number of rotatable bonds is 4. The number of hydrogen-bond acceptors (Lipinski definition) is 3. The maximum atomic E-state index is 12.4. The lowest BCUT2D eigenvalue weighted by Gasteiger charge is -2.29. The first kappa shape index (κ1) is 15.3. The maximum Gasteiger partial charge on any atom is 0.263 e. The van der Waals surface area contributed by atoms with Crippen molar-refractivity contribution in [1.82, 2.24) is 4.90 Å². The zero-order valence-corrected chi connectivity index (χ0v) is 13.4. The molecule has 5 heteroatoms. The zero-order chi connectivity index (χ0) is 14.5. The fourth-order valence-corrected chi connectivity index (χ4v) is 2.95. The molecule has 1 aromatic carbocycles. The molecule has 1 aliphatic rings. The van der Waals surface area contributed by atoms with Gasteiger partial charge in [0, 0.05) is 25.2 Å². The Morgan fingerprint density at radius 2 is 2.10 bits per heavy atom. The minimum absolute atomic E-state index is 0.0587. The van der Waals surface area contributed by atoms with Crippen LogP contribution in [0.5, 0.6) is 5.75 Å². The van der Waals surface area contributed by atoms with Crippen molar-refractivity contribution in [2.45, 2.75) is 38.8 Å². The first-order valence-electron chi connectivity index (χ1n) is 7.06. The summed E-state index contributed by atoms with van der Waals surface area (Å²) in [6.45, 7) is 3.87. The molecule has 1 fully saturated rings. The van der Waals surface area contributed by atoms with Crippen molar-refractivity contribution in [3.8, 4) is 5.75 Å². The van der Waals surface area contributed by atoms with Crippen molar-refractivity contribution in [3.63, 3.8) is 0 Å². The lowest BCUT2D eigenvalue weighted by molar-refractivity contribution is -0.138. The van der Waals surface area contributed by atoms with Gasteiger partial charge in [-0.15, -0.1) is 0 Å². The van der Waals surface area contributed by atoms with E-state index in [-0.39, 0.29) is 5.91 Å². The van der Waals surface area contributed by atoms with E-state index in [0.717, 1.165) is 36.0 Å². The molecular weight excluding hydrogens is 320 g/mol. The molecule has 20 heavy (non-hydrogen) atoms. The Morgan fingerprint density at radius 3 is 2.75 bits per heavy atom. The molecular formula is C15H21BrN2O2. The van der Waals surface area contributed by atoms with Crippen molar-refractivity contribution in [1.29, 1.82) is 0 Å². The van der Waals surface area contributed by atoms with E-state index in [1.54, 1.807) is 6.92 Å². The van der Waals surface area contributed by atoms with E-state index < -0.39 is 6.10 Å². The molecule has 110 valence electrons. The summed E-state index contributed by atoms with van der Waals surface area (Å²) in [5.41, 5.74) is 6.62. The molecule has 2 rings (SSSR count). The van der Waals surface area contributed by atoms with Crippen LogP contribution in [0.1, 0.15) is 31.7 Å². The van der Waals surface area contributed by atoms with Crippen LogP contribution >= 0.6 is 15.9 Å². The molecule has 1 aromatic rings. The van der Waals surface area contributed by atoms with E-state index in [1.807, 2.05) is 23.1 Å². The second kappa shape index (κ2) is 7.09. The third kappa shape index (κ3) is 3.52. The van der Waals surface area contributed by atoms with Crippen LogP contribution in [0.15, 0.2) is 22.7 Å². The number of benzene rings is 1. The van der Waals surface area contributed by atoms with Gasteiger partial charge in [0.2, 0.25) is 0 Å². The number of ether oxygens (including phenoxy) is 1. The first-order valence-corrected chi connectivity index (χ1v) is 7.85. The number of halogens is 1. The van der Waals surface area contributed by atoms with Crippen molar-refractivity contribution >= 4 is 21.8 Å². The van der Waals surface area contributed by atoms with Crippen LogP contribution in [-0.4, -0.2) is 30.0 Å². The second-order valence-corrected chi connectivity index (χ2v) is 5.93. The zero-order valence-electron chi connectivity index (χ0n) is 11.8. The van der Waals surface area contributed by atoms with Crippen molar-refractivity contribution in [2.24, 2.45) is 5.73 Å². The molecule has 0 spiro atoms. The third-order valence-electron chi connectivity index (χ3n) is 3.58. The van der Waals surface area contributed by atoms with Crippen LogP contribution in [0.4, 0.5) is 0 Å². The molecule has 1 aliphatic heterocycles. The summed E-state index contributed by atoms with van der Waals surface area (Å²) in [5.74, 6) is 0.733. The van der Waals surface area contributed by atoms with E-state index in [0.29, 0.717) is 12.3 Å². The predicted octanol–water partition coefficient (Wildman–Crippen LogP) is 2.69. The Bertz CT molecular complexity index is 473. The Morgan fingerprint density at radius 1 is 1.40 bits per heavy atom. The molecule has 1 heterocycles. The number of piperidine rings is 1. The number of hydrogen-bond donors (Lipinski definition) is 1. The fourth-order valence-electron chi connectivity index (χ4n) is 2.44. The lowest BCUT2D eigenvalue weighted by atomic mass is 10.1. The largest absolute Gasteiger partial charge is 0.479 e. The quantitative estimate of drug-likeness (QED) is 0.916. The highest BCUT2D eigenvalue weighted by molar-refractivity contribution is 9.10. The second-order valence-electron chi connectivity index (χ2n) is 5.08. The van der Waals surface area contributed by atoms with Gasteiger partial charge in [0.1, 0.15) is 5.75 Å². The molecule has 4 nitrogen and oxygen atoms in total. The topological polar surface area (TPSA) is 55.6 Å². The normalized spacial score (nSPS) is 16.9. The number of para-hydroxylation sites is 1. The number of carbonyl (C=O) groups excluding carboxylic acids is 1. The first-order chi connectivity index (χ1) is 9.63. The molecule has 2 N–H and O–H groups in total. The Hall–Kier alpha value is -1.07. The number of nitrogens with two attached hydrogens (primary N) is 1. The highest BCUT2D eigenvalue weighted by Crippen LogP contribution is 2.30.